The Labute approximate surface area is 169 Å². The van der Waals surface area contributed by atoms with Gasteiger partial charge in [0.25, 0.3) is 5.91 Å². The minimum absolute atomic E-state index is 0.131. The molecule has 0 saturated heterocycles. The summed E-state index contributed by atoms with van der Waals surface area (Å²) in [6.45, 7) is 1.96. The molecule has 2 heterocycles. The van der Waals surface area contributed by atoms with Crippen molar-refractivity contribution in [2.75, 3.05) is 7.11 Å². The normalized spacial score (nSPS) is 11.8. The molecule has 0 spiro atoms. The molecule has 1 amide bonds. The van der Waals surface area contributed by atoms with Crippen LogP contribution in [0.5, 0.6) is 5.75 Å². The fourth-order valence-corrected chi connectivity index (χ4v) is 3.15. The first-order valence-corrected chi connectivity index (χ1v) is 9.38. The smallest absolute Gasteiger partial charge is 0.269 e. The number of H-pyrrole nitrogens is 1. The lowest BCUT2D eigenvalue weighted by Crippen LogP contribution is -2.26. The fraction of sp³-hybridized carbons (Fsp3) is 0.130. The topological polar surface area (TPSA) is 71.9 Å². The minimum atomic E-state index is -0.195. The first-order chi connectivity index (χ1) is 14.1. The zero-order valence-electron chi connectivity index (χ0n) is 16.3. The van der Waals surface area contributed by atoms with Crippen LogP contribution in [0.1, 0.15) is 29.0 Å². The third-order valence-corrected chi connectivity index (χ3v) is 4.85. The molecule has 2 aromatic heterocycles. The van der Waals surface area contributed by atoms with Gasteiger partial charge in [-0.25, -0.2) is 0 Å². The van der Waals surface area contributed by atoms with Gasteiger partial charge in [0.1, 0.15) is 11.4 Å². The zero-order valence-corrected chi connectivity index (χ0v) is 16.3. The predicted molar refractivity (Wildman–Crippen MR) is 112 cm³/mol. The fourth-order valence-electron chi connectivity index (χ4n) is 3.15. The highest BCUT2D eigenvalue weighted by atomic mass is 16.5. The van der Waals surface area contributed by atoms with Crippen LogP contribution < -0.4 is 10.1 Å². The van der Waals surface area contributed by atoms with E-state index in [1.807, 2.05) is 84.5 Å². The Bertz CT molecular complexity index is 1080. The van der Waals surface area contributed by atoms with Crippen molar-refractivity contribution in [3.8, 4) is 22.7 Å². The second-order valence-electron chi connectivity index (χ2n) is 6.77. The number of methoxy groups -OCH3 is 1. The van der Waals surface area contributed by atoms with Crippen molar-refractivity contribution < 1.29 is 9.53 Å². The largest absolute Gasteiger partial charge is 0.497 e. The molecule has 1 unspecified atom stereocenters. The maximum atomic E-state index is 12.6. The molecule has 0 aliphatic rings. The molecule has 0 bridgehead atoms. The van der Waals surface area contributed by atoms with Crippen LogP contribution in [-0.4, -0.2) is 27.8 Å². The van der Waals surface area contributed by atoms with Gasteiger partial charge in [-0.15, -0.1) is 0 Å². The molecule has 146 valence electrons. The summed E-state index contributed by atoms with van der Waals surface area (Å²) in [6.07, 6.45) is 4.00. The highest BCUT2D eigenvalue weighted by molar-refractivity contribution is 5.93. The summed E-state index contributed by atoms with van der Waals surface area (Å²) in [5.41, 5.74) is 4.15. The maximum absolute atomic E-state index is 12.6. The van der Waals surface area contributed by atoms with Gasteiger partial charge in [0.15, 0.2) is 0 Å². The Kier molecular flexibility index (Phi) is 5.16. The van der Waals surface area contributed by atoms with Gasteiger partial charge in [-0.2, -0.15) is 5.10 Å². The van der Waals surface area contributed by atoms with E-state index >= 15 is 0 Å². The lowest BCUT2D eigenvalue weighted by molar-refractivity contribution is 0.0935. The average molecular weight is 386 g/mol. The minimum Gasteiger partial charge on any atom is -0.497 e. The van der Waals surface area contributed by atoms with Crippen molar-refractivity contribution in [2.45, 2.75) is 13.0 Å². The van der Waals surface area contributed by atoms with E-state index in [0.717, 1.165) is 22.6 Å². The molecule has 4 aromatic rings. The van der Waals surface area contributed by atoms with Gasteiger partial charge in [-0.3, -0.25) is 9.89 Å². The van der Waals surface area contributed by atoms with Crippen LogP contribution in [0, 0.1) is 0 Å². The van der Waals surface area contributed by atoms with Crippen molar-refractivity contribution in [3.63, 3.8) is 0 Å². The molecule has 2 aromatic carbocycles. The number of nitrogens with one attached hydrogen (secondary N) is 2. The number of carbonyl (C=O) groups is 1. The SMILES string of the molecule is COc1ccc(-c2cc(C(=O)NC(C)c3ccc(-n4cccc4)cc3)[nH]n2)cc1. The Morgan fingerprint density at radius 2 is 1.76 bits per heavy atom. The van der Waals surface area contributed by atoms with E-state index in [9.17, 15) is 4.79 Å². The summed E-state index contributed by atoms with van der Waals surface area (Å²) in [7, 11) is 1.63. The highest BCUT2D eigenvalue weighted by Gasteiger charge is 2.15. The molecule has 0 radical (unpaired) electrons. The third kappa shape index (κ3) is 4.06. The van der Waals surface area contributed by atoms with Crippen LogP contribution in [0.15, 0.2) is 79.1 Å². The van der Waals surface area contributed by atoms with Crippen molar-refractivity contribution in [1.29, 1.82) is 0 Å². The standard InChI is InChI=1S/C23H22N4O2/c1-16(17-5-9-19(10-6-17)27-13-3-4-14-27)24-23(28)22-15-21(25-26-22)18-7-11-20(29-2)12-8-18/h3-16H,1-2H3,(H,24,28)(H,25,26). The van der Waals surface area contributed by atoms with E-state index in [0.29, 0.717) is 11.4 Å². The molecular formula is C23H22N4O2. The van der Waals surface area contributed by atoms with Crippen LogP contribution in [0.2, 0.25) is 0 Å². The Morgan fingerprint density at radius 1 is 1.07 bits per heavy atom. The van der Waals surface area contributed by atoms with Crippen molar-refractivity contribution in [2.24, 2.45) is 0 Å². The number of hydrogen-bond acceptors (Lipinski definition) is 3. The molecule has 0 aliphatic heterocycles. The summed E-state index contributed by atoms with van der Waals surface area (Å²) in [4.78, 5) is 12.6. The molecule has 2 N–H and O–H groups in total. The number of aromatic nitrogens is 3. The zero-order chi connectivity index (χ0) is 20.2. The summed E-state index contributed by atoms with van der Waals surface area (Å²) < 4.78 is 7.21. The van der Waals surface area contributed by atoms with Crippen molar-refractivity contribution in [1.82, 2.24) is 20.1 Å². The average Bonchev–Trinajstić information content (AvgIpc) is 3.46. The van der Waals surface area contributed by atoms with Crippen LogP contribution in [-0.2, 0) is 0 Å². The maximum Gasteiger partial charge on any atom is 0.269 e. The molecule has 0 aliphatic carbocycles. The summed E-state index contributed by atoms with van der Waals surface area (Å²) in [6, 6.07) is 21.3. The van der Waals surface area contributed by atoms with E-state index in [-0.39, 0.29) is 11.9 Å². The van der Waals surface area contributed by atoms with Gasteiger partial charge in [0, 0.05) is 23.6 Å². The van der Waals surface area contributed by atoms with Crippen LogP contribution in [0.3, 0.4) is 0 Å². The molecule has 0 saturated carbocycles. The number of hydrogen-bond donors (Lipinski definition) is 2. The Balaban J connectivity index is 1.43. The Morgan fingerprint density at radius 3 is 2.41 bits per heavy atom. The van der Waals surface area contributed by atoms with Crippen LogP contribution >= 0.6 is 0 Å². The first kappa shape index (κ1) is 18.6. The number of benzene rings is 2. The van der Waals surface area contributed by atoms with Crippen LogP contribution in [0.25, 0.3) is 16.9 Å². The van der Waals surface area contributed by atoms with Gasteiger partial charge < -0.3 is 14.6 Å². The number of rotatable bonds is 6. The highest BCUT2D eigenvalue weighted by Crippen LogP contribution is 2.22. The molecule has 1 atom stereocenters. The molecule has 6 nitrogen and oxygen atoms in total. The number of aromatic amines is 1. The second-order valence-corrected chi connectivity index (χ2v) is 6.77. The second kappa shape index (κ2) is 8.06. The van der Waals surface area contributed by atoms with Gasteiger partial charge in [0.05, 0.1) is 18.8 Å². The van der Waals surface area contributed by atoms with E-state index in [1.54, 1.807) is 13.2 Å². The Hall–Kier alpha value is -3.80. The molecule has 6 heteroatoms. The van der Waals surface area contributed by atoms with E-state index in [1.165, 1.54) is 0 Å². The monoisotopic (exact) mass is 386 g/mol. The third-order valence-electron chi connectivity index (χ3n) is 4.85. The first-order valence-electron chi connectivity index (χ1n) is 9.38. The lowest BCUT2D eigenvalue weighted by atomic mass is 10.1. The molecule has 4 rings (SSSR count). The summed E-state index contributed by atoms with van der Waals surface area (Å²) in [5.74, 6) is 0.582. The van der Waals surface area contributed by atoms with Crippen molar-refractivity contribution in [3.05, 3.63) is 90.4 Å². The van der Waals surface area contributed by atoms with Gasteiger partial charge in [0.2, 0.25) is 0 Å². The predicted octanol–water partition coefficient (Wildman–Crippen LogP) is 4.37. The molecular weight excluding hydrogens is 364 g/mol. The quantitative estimate of drug-likeness (QED) is 0.517. The van der Waals surface area contributed by atoms with Crippen LogP contribution in [0.4, 0.5) is 0 Å². The molecule has 0 fully saturated rings. The van der Waals surface area contributed by atoms with E-state index in [4.69, 9.17) is 4.74 Å². The lowest BCUT2D eigenvalue weighted by Gasteiger charge is -2.14. The van der Waals surface area contributed by atoms with Gasteiger partial charge in [-0.1, -0.05) is 12.1 Å². The van der Waals surface area contributed by atoms with Gasteiger partial charge in [-0.05, 0) is 67.1 Å². The number of nitrogens with zero attached hydrogens (tertiary/aromatic N) is 2. The number of carbonyl (C=O) groups excluding carboxylic acids is 1. The summed E-state index contributed by atoms with van der Waals surface area (Å²) in [5, 5.41) is 10.1. The number of ether oxygens (including phenoxy) is 1. The molecule has 29 heavy (non-hydrogen) atoms. The summed E-state index contributed by atoms with van der Waals surface area (Å²) >= 11 is 0. The number of amides is 1. The van der Waals surface area contributed by atoms with E-state index < -0.39 is 0 Å². The van der Waals surface area contributed by atoms with Crippen molar-refractivity contribution >= 4 is 5.91 Å². The van der Waals surface area contributed by atoms with E-state index in [2.05, 4.69) is 15.5 Å². The van der Waals surface area contributed by atoms with Gasteiger partial charge >= 0.3 is 0 Å².